The van der Waals surface area contributed by atoms with Crippen molar-refractivity contribution in [3.63, 3.8) is 0 Å². The summed E-state index contributed by atoms with van der Waals surface area (Å²) in [6.45, 7) is 6.12. The summed E-state index contributed by atoms with van der Waals surface area (Å²) in [4.78, 5) is 20.8. The Balaban J connectivity index is 1.67. The van der Waals surface area contributed by atoms with Crippen LogP contribution in [0.5, 0.6) is 0 Å². The van der Waals surface area contributed by atoms with Gasteiger partial charge in [-0.15, -0.1) is 0 Å². The zero-order chi connectivity index (χ0) is 18.5. The average molecular weight is 346 g/mol. The van der Waals surface area contributed by atoms with Crippen molar-refractivity contribution in [3.8, 4) is 0 Å². The fourth-order valence-electron chi connectivity index (χ4n) is 2.71. The molecule has 0 fully saturated rings. The molecule has 0 aliphatic carbocycles. The zero-order valence-corrected chi connectivity index (χ0v) is 15.2. The van der Waals surface area contributed by atoms with Crippen molar-refractivity contribution in [1.29, 1.82) is 0 Å². The number of aromatic nitrogens is 2. The molecule has 2 aromatic carbocycles. The third-order valence-corrected chi connectivity index (χ3v) is 4.01. The molecule has 3 aromatic rings. The molecule has 0 spiro atoms. The molecule has 5 nitrogen and oxygen atoms in total. The van der Waals surface area contributed by atoms with Crippen molar-refractivity contribution < 1.29 is 4.79 Å². The summed E-state index contributed by atoms with van der Waals surface area (Å²) in [5, 5.41) is 6.01. The van der Waals surface area contributed by atoms with Crippen molar-refractivity contribution in [2.24, 2.45) is 0 Å². The van der Waals surface area contributed by atoms with E-state index in [0.717, 1.165) is 28.9 Å². The molecule has 0 saturated carbocycles. The minimum absolute atomic E-state index is 0.228. The summed E-state index contributed by atoms with van der Waals surface area (Å²) in [7, 11) is 0. The number of amides is 1. The first-order chi connectivity index (χ1) is 12.5. The number of benzene rings is 2. The summed E-state index contributed by atoms with van der Waals surface area (Å²) in [5.41, 5.74) is 5.57. The van der Waals surface area contributed by atoms with Crippen molar-refractivity contribution in [2.45, 2.75) is 27.2 Å². The van der Waals surface area contributed by atoms with Crippen molar-refractivity contribution >= 4 is 23.2 Å². The van der Waals surface area contributed by atoms with E-state index < -0.39 is 0 Å². The highest BCUT2D eigenvalue weighted by Gasteiger charge is 2.08. The Kier molecular flexibility index (Phi) is 5.27. The van der Waals surface area contributed by atoms with E-state index in [9.17, 15) is 4.79 Å². The first-order valence-corrected chi connectivity index (χ1v) is 8.61. The predicted molar refractivity (Wildman–Crippen MR) is 105 cm³/mol. The molecule has 1 heterocycles. The van der Waals surface area contributed by atoms with Crippen LogP contribution in [0.15, 0.2) is 54.9 Å². The van der Waals surface area contributed by atoms with Gasteiger partial charge in [-0.25, -0.2) is 9.97 Å². The highest BCUT2D eigenvalue weighted by molar-refractivity contribution is 6.04. The fraction of sp³-hybridized carbons (Fsp3) is 0.190. The maximum absolute atomic E-state index is 12.4. The molecule has 0 saturated heterocycles. The molecule has 3 rings (SSSR count). The number of carbonyl (C=O) groups excluding carboxylic acids is 1. The van der Waals surface area contributed by atoms with E-state index in [1.54, 1.807) is 0 Å². The van der Waals surface area contributed by atoms with E-state index in [0.29, 0.717) is 11.5 Å². The molecular formula is C21H22N4O. The zero-order valence-electron chi connectivity index (χ0n) is 15.2. The first-order valence-electron chi connectivity index (χ1n) is 8.61. The monoisotopic (exact) mass is 346 g/mol. The molecule has 0 radical (unpaired) electrons. The number of nitrogens with one attached hydrogen (secondary N) is 2. The van der Waals surface area contributed by atoms with Gasteiger partial charge < -0.3 is 10.6 Å². The molecule has 1 amide bonds. The molecule has 2 N–H and O–H groups in total. The van der Waals surface area contributed by atoms with E-state index in [1.165, 1.54) is 18.0 Å². The highest BCUT2D eigenvalue weighted by atomic mass is 16.1. The quantitative estimate of drug-likeness (QED) is 0.705. The first kappa shape index (κ1) is 17.6. The van der Waals surface area contributed by atoms with Crippen LogP contribution in [0.1, 0.15) is 34.0 Å². The van der Waals surface area contributed by atoms with Gasteiger partial charge in [0.25, 0.3) is 5.91 Å². The third-order valence-electron chi connectivity index (χ3n) is 4.01. The van der Waals surface area contributed by atoms with Crippen LogP contribution in [0, 0.1) is 13.8 Å². The minimum Gasteiger partial charge on any atom is -0.324 e. The Morgan fingerprint density at radius 2 is 1.54 bits per heavy atom. The molecule has 0 atom stereocenters. The smallest absolute Gasteiger partial charge is 0.258 e. The fourth-order valence-corrected chi connectivity index (χ4v) is 2.71. The maximum Gasteiger partial charge on any atom is 0.258 e. The lowest BCUT2D eigenvalue weighted by Gasteiger charge is -2.08. The Morgan fingerprint density at radius 1 is 0.923 bits per heavy atom. The van der Waals surface area contributed by atoms with Crippen LogP contribution in [0.2, 0.25) is 0 Å². The van der Waals surface area contributed by atoms with E-state index in [2.05, 4.69) is 45.7 Å². The Hall–Kier alpha value is -3.21. The van der Waals surface area contributed by atoms with Gasteiger partial charge in [0, 0.05) is 23.8 Å². The van der Waals surface area contributed by atoms with Gasteiger partial charge in [0.2, 0.25) is 5.95 Å². The SMILES string of the molecule is CCc1ccc(Nc2ncc(C(=O)Nc3cc(C)cc(C)c3)cn2)cc1. The second-order valence-electron chi connectivity index (χ2n) is 6.30. The van der Waals surface area contributed by atoms with Crippen LogP contribution in [0.25, 0.3) is 0 Å². The number of anilines is 3. The van der Waals surface area contributed by atoms with Gasteiger partial charge in [-0.05, 0) is 61.2 Å². The molecule has 26 heavy (non-hydrogen) atoms. The standard InChI is InChI=1S/C21H22N4O/c1-4-16-5-7-18(8-6-16)25-21-22-12-17(13-23-21)20(26)24-19-10-14(2)9-15(3)11-19/h5-13H,4H2,1-3H3,(H,24,26)(H,22,23,25). The van der Waals surface area contributed by atoms with Gasteiger partial charge in [-0.1, -0.05) is 25.1 Å². The lowest BCUT2D eigenvalue weighted by Crippen LogP contribution is -2.13. The summed E-state index contributed by atoms with van der Waals surface area (Å²) >= 11 is 0. The summed E-state index contributed by atoms with van der Waals surface area (Å²) in [6, 6.07) is 14.0. The highest BCUT2D eigenvalue weighted by Crippen LogP contribution is 2.16. The molecular weight excluding hydrogens is 324 g/mol. The van der Waals surface area contributed by atoms with Gasteiger partial charge in [0.1, 0.15) is 0 Å². The summed E-state index contributed by atoms with van der Waals surface area (Å²) in [5.74, 6) is 0.228. The van der Waals surface area contributed by atoms with Gasteiger partial charge in [0.15, 0.2) is 0 Å². The number of nitrogens with zero attached hydrogens (tertiary/aromatic N) is 2. The molecule has 5 heteroatoms. The van der Waals surface area contributed by atoms with Crippen molar-refractivity contribution in [2.75, 3.05) is 10.6 Å². The topological polar surface area (TPSA) is 66.9 Å². The molecule has 132 valence electrons. The van der Waals surface area contributed by atoms with Crippen LogP contribution < -0.4 is 10.6 Å². The number of hydrogen-bond acceptors (Lipinski definition) is 4. The average Bonchev–Trinajstić information content (AvgIpc) is 2.62. The lowest BCUT2D eigenvalue weighted by atomic mass is 10.1. The molecule has 0 aliphatic heterocycles. The van der Waals surface area contributed by atoms with Crippen LogP contribution in [-0.4, -0.2) is 15.9 Å². The number of hydrogen-bond donors (Lipinski definition) is 2. The van der Waals surface area contributed by atoms with Gasteiger partial charge in [-0.2, -0.15) is 0 Å². The number of aryl methyl sites for hydroxylation is 3. The van der Waals surface area contributed by atoms with Crippen LogP contribution in [0.4, 0.5) is 17.3 Å². The van der Waals surface area contributed by atoms with E-state index in [-0.39, 0.29) is 5.91 Å². The maximum atomic E-state index is 12.4. The largest absolute Gasteiger partial charge is 0.324 e. The lowest BCUT2D eigenvalue weighted by molar-refractivity contribution is 0.102. The van der Waals surface area contributed by atoms with E-state index >= 15 is 0 Å². The van der Waals surface area contributed by atoms with Gasteiger partial charge >= 0.3 is 0 Å². The van der Waals surface area contributed by atoms with Crippen LogP contribution in [0.3, 0.4) is 0 Å². The Bertz CT molecular complexity index is 882. The van der Waals surface area contributed by atoms with Gasteiger partial charge in [-0.3, -0.25) is 4.79 Å². The predicted octanol–water partition coefficient (Wildman–Crippen LogP) is 4.65. The summed E-state index contributed by atoms with van der Waals surface area (Å²) in [6.07, 6.45) is 4.04. The van der Waals surface area contributed by atoms with E-state index in [4.69, 9.17) is 0 Å². The number of carbonyl (C=O) groups is 1. The minimum atomic E-state index is -0.228. The molecule has 1 aromatic heterocycles. The molecule has 0 aliphatic rings. The normalized spacial score (nSPS) is 10.4. The second kappa shape index (κ2) is 7.78. The van der Waals surface area contributed by atoms with Crippen molar-refractivity contribution in [3.05, 3.63) is 77.1 Å². The molecule has 0 bridgehead atoms. The number of rotatable bonds is 5. The molecule has 0 unspecified atom stereocenters. The Morgan fingerprint density at radius 3 is 2.12 bits per heavy atom. The van der Waals surface area contributed by atoms with E-state index in [1.807, 2.05) is 38.1 Å². The van der Waals surface area contributed by atoms with Crippen molar-refractivity contribution in [1.82, 2.24) is 9.97 Å². The van der Waals surface area contributed by atoms with Gasteiger partial charge in [0.05, 0.1) is 5.56 Å². The third kappa shape index (κ3) is 4.45. The second-order valence-corrected chi connectivity index (χ2v) is 6.30. The summed E-state index contributed by atoms with van der Waals surface area (Å²) < 4.78 is 0. The van der Waals surface area contributed by atoms with Crippen LogP contribution in [-0.2, 0) is 6.42 Å². The van der Waals surface area contributed by atoms with Crippen LogP contribution >= 0.6 is 0 Å². The Labute approximate surface area is 153 Å².